The number of amides is 1. The molecule has 0 aliphatic carbocycles. The smallest absolute Gasteiger partial charge is 0.420 e. The molecule has 4 rings (SSSR count). The number of piperidine rings is 1. The van der Waals surface area contributed by atoms with Crippen LogP contribution in [0.25, 0.3) is 5.78 Å². The number of likely N-dealkylation sites (tertiary alicyclic amines) is 1. The maximum absolute atomic E-state index is 12.9. The average molecular weight is 496 g/mol. The van der Waals surface area contributed by atoms with Crippen molar-refractivity contribution in [3.8, 4) is 5.75 Å². The van der Waals surface area contributed by atoms with E-state index in [9.17, 15) is 22.8 Å². The van der Waals surface area contributed by atoms with E-state index in [-0.39, 0.29) is 23.1 Å². The van der Waals surface area contributed by atoms with E-state index in [1.165, 1.54) is 18.3 Å². The first kappa shape index (κ1) is 24.0. The molecule has 0 bridgehead atoms. The number of benzene rings is 1. The van der Waals surface area contributed by atoms with Crippen LogP contribution in [0.15, 0.2) is 36.9 Å². The predicted molar refractivity (Wildman–Crippen MR) is 116 cm³/mol. The first-order valence-corrected chi connectivity index (χ1v) is 10.8. The Bertz CT molecular complexity index is 1240. The van der Waals surface area contributed by atoms with Crippen molar-refractivity contribution in [3.05, 3.63) is 58.6 Å². The van der Waals surface area contributed by atoms with E-state index in [2.05, 4.69) is 14.7 Å². The number of aromatic nitrogens is 3. The molecule has 3 aromatic rings. The van der Waals surface area contributed by atoms with Gasteiger partial charge in [-0.05, 0) is 43.4 Å². The van der Waals surface area contributed by atoms with Crippen LogP contribution in [0, 0.1) is 12.8 Å². The van der Waals surface area contributed by atoms with E-state index in [4.69, 9.17) is 17.3 Å². The average Bonchev–Trinajstić information content (AvgIpc) is 3.28. The van der Waals surface area contributed by atoms with Gasteiger partial charge in [0.05, 0.1) is 5.56 Å². The number of esters is 1. The molecular formula is C22H21ClF3N5O3. The van der Waals surface area contributed by atoms with Crippen LogP contribution in [0.1, 0.15) is 40.4 Å². The zero-order valence-electron chi connectivity index (χ0n) is 18.1. The van der Waals surface area contributed by atoms with Gasteiger partial charge in [0.25, 0.3) is 5.91 Å². The largest absolute Gasteiger partial charge is 0.491 e. The van der Waals surface area contributed by atoms with Gasteiger partial charge in [0.15, 0.2) is 0 Å². The number of ether oxygens (including phenoxy) is 1. The fourth-order valence-electron chi connectivity index (χ4n) is 4.00. The lowest BCUT2D eigenvalue weighted by Crippen LogP contribution is -2.41. The number of carbonyl (C=O) groups excluding carboxylic acids is 2. The van der Waals surface area contributed by atoms with Crippen molar-refractivity contribution >= 4 is 29.3 Å². The van der Waals surface area contributed by atoms with Gasteiger partial charge in [-0.3, -0.25) is 9.20 Å². The maximum Gasteiger partial charge on any atom is 0.491 e. The summed E-state index contributed by atoms with van der Waals surface area (Å²) in [6.45, 7) is 2.38. The number of nitrogens with two attached hydrogens (primary N) is 1. The molecule has 2 aromatic heterocycles. The van der Waals surface area contributed by atoms with Gasteiger partial charge in [-0.1, -0.05) is 11.6 Å². The SMILES string of the molecule is Cc1cc(OC(=O)C(F)(F)F)c([C@H](N)C2CCN(C(=O)c3cnc4nccn4c3)CC2)cc1Cl. The summed E-state index contributed by atoms with van der Waals surface area (Å²) >= 11 is 6.18. The van der Waals surface area contributed by atoms with Gasteiger partial charge < -0.3 is 15.4 Å². The van der Waals surface area contributed by atoms with Crippen LogP contribution in [0.2, 0.25) is 5.02 Å². The topological polar surface area (TPSA) is 103 Å². The summed E-state index contributed by atoms with van der Waals surface area (Å²) < 4.78 is 44.5. The lowest BCUT2D eigenvalue weighted by Gasteiger charge is -2.35. The number of alkyl halides is 3. The van der Waals surface area contributed by atoms with Crippen LogP contribution < -0.4 is 10.5 Å². The van der Waals surface area contributed by atoms with E-state index >= 15 is 0 Å². The summed E-state index contributed by atoms with van der Waals surface area (Å²) in [7, 11) is 0. The zero-order valence-corrected chi connectivity index (χ0v) is 18.8. The molecule has 180 valence electrons. The van der Waals surface area contributed by atoms with E-state index in [1.807, 2.05) is 0 Å². The Morgan fingerprint density at radius 1 is 1.24 bits per heavy atom. The number of nitrogens with zero attached hydrogens (tertiary/aromatic N) is 4. The third-order valence-corrected chi connectivity index (χ3v) is 6.32. The number of halogens is 4. The minimum Gasteiger partial charge on any atom is -0.420 e. The number of rotatable bonds is 4. The van der Waals surface area contributed by atoms with Gasteiger partial charge in [-0.25, -0.2) is 14.8 Å². The summed E-state index contributed by atoms with van der Waals surface area (Å²) in [6.07, 6.45) is 2.28. The van der Waals surface area contributed by atoms with Crippen molar-refractivity contribution in [3.63, 3.8) is 0 Å². The van der Waals surface area contributed by atoms with Crippen molar-refractivity contribution < 1.29 is 27.5 Å². The van der Waals surface area contributed by atoms with E-state index in [0.29, 0.717) is 47.9 Å². The Morgan fingerprint density at radius 2 is 1.94 bits per heavy atom. The zero-order chi connectivity index (χ0) is 24.6. The Kier molecular flexibility index (Phi) is 6.50. The Morgan fingerprint density at radius 3 is 2.62 bits per heavy atom. The minimum absolute atomic E-state index is 0.166. The van der Waals surface area contributed by atoms with Crippen LogP contribution in [0.5, 0.6) is 5.75 Å². The summed E-state index contributed by atoms with van der Waals surface area (Å²) in [4.78, 5) is 34.2. The lowest BCUT2D eigenvalue weighted by atomic mass is 9.85. The first-order chi connectivity index (χ1) is 16.0. The fraction of sp³-hybridized carbons (Fsp3) is 0.364. The van der Waals surface area contributed by atoms with Crippen LogP contribution in [-0.4, -0.2) is 50.4 Å². The first-order valence-electron chi connectivity index (χ1n) is 10.5. The third-order valence-electron chi connectivity index (χ3n) is 5.91. The molecule has 1 atom stereocenters. The molecule has 8 nitrogen and oxygen atoms in total. The molecule has 12 heteroatoms. The molecule has 2 N–H and O–H groups in total. The van der Waals surface area contributed by atoms with Crippen LogP contribution in [0.3, 0.4) is 0 Å². The minimum atomic E-state index is -5.14. The molecule has 3 heterocycles. The molecule has 0 saturated carbocycles. The van der Waals surface area contributed by atoms with Gasteiger partial charge in [0.2, 0.25) is 5.78 Å². The van der Waals surface area contributed by atoms with Crippen LogP contribution in [-0.2, 0) is 4.79 Å². The molecule has 1 aromatic carbocycles. The van der Waals surface area contributed by atoms with Crippen molar-refractivity contribution in [2.75, 3.05) is 13.1 Å². The highest BCUT2D eigenvalue weighted by Crippen LogP contribution is 2.37. The highest BCUT2D eigenvalue weighted by Gasteiger charge is 2.42. The van der Waals surface area contributed by atoms with Crippen molar-refractivity contribution in [2.24, 2.45) is 11.7 Å². The molecule has 0 spiro atoms. The molecule has 1 aliphatic rings. The highest BCUT2D eigenvalue weighted by atomic mass is 35.5. The second-order valence-corrected chi connectivity index (χ2v) is 8.57. The van der Waals surface area contributed by atoms with Crippen molar-refractivity contribution in [2.45, 2.75) is 32.0 Å². The third kappa shape index (κ3) is 4.85. The van der Waals surface area contributed by atoms with Crippen molar-refractivity contribution in [1.82, 2.24) is 19.3 Å². The van der Waals surface area contributed by atoms with Gasteiger partial charge in [0.1, 0.15) is 5.75 Å². The Hall–Kier alpha value is -3.18. The fourth-order valence-corrected chi connectivity index (χ4v) is 4.17. The molecular weight excluding hydrogens is 475 g/mol. The van der Waals surface area contributed by atoms with Gasteiger partial charge in [-0.15, -0.1) is 0 Å². The van der Waals surface area contributed by atoms with E-state index in [1.54, 1.807) is 34.8 Å². The Labute approximate surface area is 197 Å². The molecule has 1 saturated heterocycles. The molecule has 0 unspecified atom stereocenters. The van der Waals surface area contributed by atoms with Gasteiger partial charge in [0, 0.05) is 54.5 Å². The number of carbonyl (C=O) groups is 2. The number of aryl methyl sites for hydroxylation is 1. The molecule has 1 fully saturated rings. The highest BCUT2D eigenvalue weighted by molar-refractivity contribution is 6.31. The number of hydrogen-bond acceptors (Lipinski definition) is 6. The van der Waals surface area contributed by atoms with Crippen LogP contribution in [0.4, 0.5) is 13.2 Å². The molecule has 1 amide bonds. The summed E-state index contributed by atoms with van der Waals surface area (Å²) in [5.41, 5.74) is 7.48. The second kappa shape index (κ2) is 9.22. The van der Waals surface area contributed by atoms with Crippen LogP contribution >= 0.6 is 11.6 Å². The standard InChI is InChI=1S/C22H21ClF3N5O3/c1-12-8-17(34-20(33)22(24,25)26)15(9-16(12)23)18(27)13-2-5-30(6-3-13)19(32)14-10-29-21-28-4-7-31(21)11-14/h4,7-11,13,18H,2-3,5-6,27H2,1H3/t18-/m1/s1. The second-order valence-electron chi connectivity index (χ2n) is 8.16. The number of fused-ring (bicyclic) bond motifs is 1. The summed E-state index contributed by atoms with van der Waals surface area (Å²) in [6, 6.07) is 1.97. The summed E-state index contributed by atoms with van der Waals surface area (Å²) in [5.74, 6) is -2.46. The maximum atomic E-state index is 12.9. The van der Waals surface area contributed by atoms with Gasteiger partial charge >= 0.3 is 12.1 Å². The molecule has 0 radical (unpaired) electrons. The molecule has 34 heavy (non-hydrogen) atoms. The van der Waals surface area contributed by atoms with E-state index in [0.717, 1.165) is 0 Å². The Balaban J connectivity index is 1.47. The van der Waals surface area contributed by atoms with Crippen molar-refractivity contribution in [1.29, 1.82) is 0 Å². The van der Waals surface area contributed by atoms with Gasteiger partial charge in [-0.2, -0.15) is 13.2 Å². The normalized spacial score (nSPS) is 16.0. The molecule has 1 aliphatic heterocycles. The quantitative estimate of drug-likeness (QED) is 0.437. The number of hydrogen-bond donors (Lipinski definition) is 1. The monoisotopic (exact) mass is 495 g/mol. The predicted octanol–water partition coefficient (Wildman–Crippen LogP) is 3.71. The number of imidazole rings is 1. The lowest BCUT2D eigenvalue weighted by molar-refractivity contribution is -0.189. The van der Waals surface area contributed by atoms with E-state index < -0.39 is 18.2 Å². The summed E-state index contributed by atoms with van der Waals surface area (Å²) in [5, 5.41) is 0.298.